The second-order valence-corrected chi connectivity index (χ2v) is 5.02. The molecule has 0 amide bonds. The summed E-state index contributed by atoms with van der Waals surface area (Å²) in [5.74, 6) is 0. The summed E-state index contributed by atoms with van der Waals surface area (Å²) in [5, 5.41) is 3.30. The van der Waals surface area contributed by atoms with Crippen LogP contribution >= 0.6 is 38.5 Å². The maximum absolute atomic E-state index is 3.57. The van der Waals surface area contributed by atoms with Crippen LogP contribution in [-0.4, -0.2) is 7.05 Å². The molecule has 1 nitrogen and oxygen atoms in total. The highest BCUT2D eigenvalue weighted by Crippen LogP contribution is 2.26. The van der Waals surface area contributed by atoms with Crippen LogP contribution in [0.3, 0.4) is 0 Å². The van der Waals surface area contributed by atoms with Gasteiger partial charge in [-0.1, -0.05) is 22.9 Å². The van der Waals surface area contributed by atoms with E-state index in [-0.39, 0.29) is 0 Å². The molecule has 3 heteroatoms. The van der Waals surface area contributed by atoms with Crippen molar-refractivity contribution in [2.75, 3.05) is 7.05 Å². The molecule has 1 aromatic carbocycles. The quantitative estimate of drug-likeness (QED) is 0.816. The van der Waals surface area contributed by atoms with Crippen molar-refractivity contribution in [2.24, 2.45) is 0 Å². The third kappa shape index (κ3) is 2.92. The third-order valence-corrected chi connectivity index (χ3v) is 3.48. The van der Waals surface area contributed by atoms with Gasteiger partial charge in [0.2, 0.25) is 0 Å². The molecule has 0 saturated heterocycles. The molecule has 1 aromatic rings. The number of benzene rings is 1. The Balaban J connectivity index is 3.03. The molecular weight excluding hydrogens is 341 g/mol. The Labute approximate surface area is 102 Å². The molecular formula is C10H13BrIN. The SMILES string of the molecule is CCC(NC)c1cc(I)ccc1Br. The van der Waals surface area contributed by atoms with Crippen molar-refractivity contribution in [2.45, 2.75) is 19.4 Å². The van der Waals surface area contributed by atoms with Crippen LogP contribution in [0.25, 0.3) is 0 Å². The van der Waals surface area contributed by atoms with E-state index in [1.165, 1.54) is 13.6 Å². The zero-order valence-electron chi connectivity index (χ0n) is 7.77. The number of halogens is 2. The predicted octanol–water partition coefficient (Wildman–Crippen LogP) is 3.72. The van der Waals surface area contributed by atoms with Gasteiger partial charge in [0.05, 0.1) is 0 Å². The van der Waals surface area contributed by atoms with Gasteiger partial charge in [-0.15, -0.1) is 0 Å². The van der Waals surface area contributed by atoms with Crippen LogP contribution in [0.2, 0.25) is 0 Å². The van der Waals surface area contributed by atoms with Gasteiger partial charge >= 0.3 is 0 Å². The van der Waals surface area contributed by atoms with Crippen LogP contribution in [0.4, 0.5) is 0 Å². The summed E-state index contributed by atoms with van der Waals surface area (Å²) in [6.07, 6.45) is 1.11. The van der Waals surface area contributed by atoms with Crippen molar-refractivity contribution in [3.63, 3.8) is 0 Å². The van der Waals surface area contributed by atoms with Crippen molar-refractivity contribution in [3.05, 3.63) is 31.8 Å². The molecule has 0 bridgehead atoms. The van der Waals surface area contributed by atoms with Gasteiger partial charge in [-0.25, -0.2) is 0 Å². The average molecular weight is 354 g/mol. The Hall–Kier alpha value is 0.390. The fourth-order valence-electron chi connectivity index (χ4n) is 1.36. The smallest absolute Gasteiger partial charge is 0.0326 e. The largest absolute Gasteiger partial charge is 0.313 e. The molecule has 0 aliphatic carbocycles. The van der Waals surface area contributed by atoms with Crippen LogP contribution in [0.15, 0.2) is 22.7 Å². The fourth-order valence-corrected chi connectivity index (χ4v) is 2.40. The molecule has 0 fully saturated rings. The summed E-state index contributed by atoms with van der Waals surface area (Å²) in [7, 11) is 2.00. The van der Waals surface area contributed by atoms with E-state index in [1.807, 2.05) is 7.05 Å². The topological polar surface area (TPSA) is 12.0 Å². The third-order valence-electron chi connectivity index (χ3n) is 2.09. The van der Waals surface area contributed by atoms with E-state index in [9.17, 15) is 0 Å². The van der Waals surface area contributed by atoms with Crippen LogP contribution in [0, 0.1) is 3.57 Å². The molecule has 0 aromatic heterocycles. The average Bonchev–Trinajstić information content (AvgIpc) is 2.13. The fraction of sp³-hybridized carbons (Fsp3) is 0.400. The van der Waals surface area contributed by atoms with Crippen molar-refractivity contribution in [1.29, 1.82) is 0 Å². The minimum absolute atomic E-state index is 0.448. The van der Waals surface area contributed by atoms with Crippen molar-refractivity contribution >= 4 is 38.5 Å². The first-order valence-electron chi connectivity index (χ1n) is 4.31. The number of nitrogens with one attached hydrogen (secondary N) is 1. The molecule has 72 valence electrons. The Morgan fingerprint density at radius 1 is 1.54 bits per heavy atom. The van der Waals surface area contributed by atoms with Gasteiger partial charge in [0.1, 0.15) is 0 Å². The lowest BCUT2D eigenvalue weighted by atomic mass is 10.1. The minimum Gasteiger partial charge on any atom is -0.313 e. The summed E-state index contributed by atoms with van der Waals surface area (Å²) in [6.45, 7) is 2.19. The van der Waals surface area contributed by atoms with E-state index in [4.69, 9.17) is 0 Å². The molecule has 0 saturated carbocycles. The maximum Gasteiger partial charge on any atom is 0.0326 e. The van der Waals surface area contributed by atoms with Crippen molar-refractivity contribution < 1.29 is 0 Å². The molecule has 1 N–H and O–H groups in total. The van der Waals surface area contributed by atoms with Crippen molar-refractivity contribution in [1.82, 2.24) is 5.32 Å². The highest BCUT2D eigenvalue weighted by Gasteiger charge is 2.10. The predicted molar refractivity (Wildman–Crippen MR) is 69.0 cm³/mol. The van der Waals surface area contributed by atoms with Gasteiger partial charge in [-0.05, 0) is 59.8 Å². The first-order valence-corrected chi connectivity index (χ1v) is 6.18. The first-order chi connectivity index (χ1) is 6.19. The highest BCUT2D eigenvalue weighted by molar-refractivity contribution is 14.1. The van der Waals surface area contributed by atoms with Crippen molar-refractivity contribution in [3.8, 4) is 0 Å². The van der Waals surface area contributed by atoms with Crippen LogP contribution in [0.1, 0.15) is 24.9 Å². The van der Waals surface area contributed by atoms with Gasteiger partial charge in [0, 0.05) is 14.1 Å². The Morgan fingerprint density at radius 3 is 2.77 bits per heavy atom. The highest BCUT2D eigenvalue weighted by atomic mass is 127. The van der Waals surface area contributed by atoms with Crippen LogP contribution in [-0.2, 0) is 0 Å². The molecule has 1 unspecified atom stereocenters. The summed E-state index contributed by atoms with van der Waals surface area (Å²) < 4.78 is 2.47. The van der Waals surface area contributed by atoms with E-state index >= 15 is 0 Å². The number of rotatable bonds is 3. The van der Waals surface area contributed by atoms with E-state index < -0.39 is 0 Å². The molecule has 0 aliphatic heterocycles. The summed E-state index contributed by atoms with van der Waals surface area (Å²) in [5.41, 5.74) is 1.34. The second kappa shape index (κ2) is 5.32. The zero-order valence-corrected chi connectivity index (χ0v) is 11.5. The van der Waals surface area contributed by atoms with Gasteiger partial charge in [0.25, 0.3) is 0 Å². The summed E-state index contributed by atoms with van der Waals surface area (Å²) in [4.78, 5) is 0. The first kappa shape index (κ1) is 11.5. The maximum atomic E-state index is 3.57. The molecule has 0 radical (unpaired) electrons. The Kier molecular flexibility index (Phi) is 4.69. The summed E-state index contributed by atoms with van der Waals surface area (Å²) in [6, 6.07) is 6.88. The van der Waals surface area contributed by atoms with Crippen LogP contribution < -0.4 is 5.32 Å². The lowest BCUT2D eigenvalue weighted by molar-refractivity contribution is 0.574. The standard InChI is InChI=1S/C10H13BrIN/c1-3-10(13-2)8-6-7(12)4-5-9(8)11/h4-6,10,13H,3H2,1-2H3. The molecule has 1 rings (SSSR count). The monoisotopic (exact) mass is 353 g/mol. The number of hydrogen-bond donors (Lipinski definition) is 1. The van der Waals surface area contributed by atoms with E-state index in [0.717, 1.165) is 6.42 Å². The van der Waals surface area contributed by atoms with Crippen LogP contribution in [0.5, 0.6) is 0 Å². The lowest BCUT2D eigenvalue weighted by Crippen LogP contribution is -2.15. The van der Waals surface area contributed by atoms with E-state index in [2.05, 4.69) is 69.0 Å². The molecule has 1 atom stereocenters. The van der Waals surface area contributed by atoms with E-state index in [0.29, 0.717) is 6.04 Å². The van der Waals surface area contributed by atoms with Gasteiger partial charge in [0.15, 0.2) is 0 Å². The zero-order chi connectivity index (χ0) is 9.84. The second-order valence-electron chi connectivity index (χ2n) is 2.92. The van der Waals surface area contributed by atoms with Gasteiger partial charge < -0.3 is 5.32 Å². The Bertz CT molecular complexity index is 284. The van der Waals surface area contributed by atoms with Gasteiger partial charge in [-0.2, -0.15) is 0 Å². The number of hydrogen-bond acceptors (Lipinski definition) is 1. The van der Waals surface area contributed by atoms with E-state index in [1.54, 1.807) is 0 Å². The normalized spacial score (nSPS) is 12.9. The minimum atomic E-state index is 0.448. The summed E-state index contributed by atoms with van der Waals surface area (Å²) >= 11 is 5.91. The Morgan fingerprint density at radius 2 is 2.23 bits per heavy atom. The molecule has 13 heavy (non-hydrogen) atoms. The molecule has 0 heterocycles. The molecule has 0 aliphatic rings. The van der Waals surface area contributed by atoms with Gasteiger partial charge in [-0.3, -0.25) is 0 Å². The lowest BCUT2D eigenvalue weighted by Gasteiger charge is -2.16. The molecule has 0 spiro atoms.